The van der Waals surface area contributed by atoms with Crippen molar-refractivity contribution in [3.63, 3.8) is 0 Å². The Kier molecular flexibility index (Phi) is 7.20. The minimum absolute atomic E-state index is 0.141. The molecule has 2 rings (SSSR count). The fraction of sp³-hybridized carbons (Fsp3) is 0.438. The van der Waals surface area contributed by atoms with Crippen LogP contribution in [-0.4, -0.2) is 41.6 Å². The number of rotatable bonds is 9. The molecule has 0 unspecified atom stereocenters. The predicted molar refractivity (Wildman–Crippen MR) is 89.9 cm³/mol. The summed E-state index contributed by atoms with van der Waals surface area (Å²) in [5.74, 6) is 0.290. The highest BCUT2D eigenvalue weighted by atomic mass is 32.2. The van der Waals surface area contributed by atoms with Gasteiger partial charge in [-0.05, 0) is 38.1 Å². The number of nitrogens with one attached hydrogen (secondary N) is 1. The number of nitrogens with zero attached hydrogens (tertiary/aromatic N) is 2. The van der Waals surface area contributed by atoms with Crippen LogP contribution in [0, 0.1) is 5.82 Å². The van der Waals surface area contributed by atoms with Crippen LogP contribution in [0.1, 0.15) is 25.8 Å². The molecule has 0 fully saturated rings. The summed E-state index contributed by atoms with van der Waals surface area (Å²) in [7, 11) is 1.57. The van der Waals surface area contributed by atoms with Crippen molar-refractivity contribution in [1.29, 1.82) is 0 Å². The lowest BCUT2D eigenvalue weighted by Gasteiger charge is -2.11. The number of thioether (sulfide) groups is 1. The molecular formula is C16H20FN3O4S. The van der Waals surface area contributed by atoms with E-state index in [1.54, 1.807) is 21.0 Å². The Labute approximate surface area is 149 Å². The zero-order valence-electron chi connectivity index (χ0n) is 14.2. The molecule has 1 N–H and O–H groups in total. The molecule has 1 aromatic carbocycles. The normalized spacial score (nSPS) is 13.3. The van der Waals surface area contributed by atoms with Crippen molar-refractivity contribution in [2.24, 2.45) is 0 Å². The Balaban J connectivity index is 1.88. The fourth-order valence-electron chi connectivity index (χ4n) is 1.82. The maximum Gasteiger partial charge on any atom is 0.277 e. The van der Waals surface area contributed by atoms with Crippen LogP contribution in [-0.2, 0) is 9.53 Å². The molecule has 0 aliphatic heterocycles. The summed E-state index contributed by atoms with van der Waals surface area (Å²) in [6.45, 7) is 4.38. The number of halogens is 1. The maximum absolute atomic E-state index is 12.9. The van der Waals surface area contributed by atoms with Crippen LogP contribution in [0.5, 0.6) is 5.75 Å². The van der Waals surface area contributed by atoms with Crippen LogP contribution in [0.2, 0.25) is 0 Å². The second kappa shape index (κ2) is 9.38. The molecule has 7 nitrogen and oxygen atoms in total. The van der Waals surface area contributed by atoms with Gasteiger partial charge in [0, 0.05) is 13.7 Å². The van der Waals surface area contributed by atoms with Crippen molar-refractivity contribution in [2.45, 2.75) is 30.4 Å². The quantitative estimate of drug-likeness (QED) is 0.537. The van der Waals surface area contributed by atoms with Gasteiger partial charge in [0.2, 0.25) is 5.91 Å². The van der Waals surface area contributed by atoms with Crippen molar-refractivity contribution in [2.75, 3.05) is 20.3 Å². The van der Waals surface area contributed by atoms with E-state index in [9.17, 15) is 9.18 Å². The van der Waals surface area contributed by atoms with E-state index in [2.05, 4.69) is 15.5 Å². The third-order valence-electron chi connectivity index (χ3n) is 3.15. The van der Waals surface area contributed by atoms with E-state index < -0.39 is 11.4 Å². The molecule has 1 amide bonds. The van der Waals surface area contributed by atoms with Crippen LogP contribution in [0.4, 0.5) is 4.39 Å². The Morgan fingerprint density at radius 2 is 2.04 bits per heavy atom. The standard InChI is InChI=1S/C16H20FN3O4S/c1-10(23-13-6-4-12(17)5-7-13)15-19-20-16(24-15)25-11(2)14(21)18-8-9-22-3/h4-7,10-11H,8-9H2,1-3H3,(H,18,21)/t10-,11+/m0/s1. The number of carbonyl (C=O) groups excluding carboxylic acids is 1. The van der Waals surface area contributed by atoms with Gasteiger partial charge >= 0.3 is 0 Å². The molecule has 136 valence electrons. The van der Waals surface area contributed by atoms with E-state index in [0.717, 1.165) is 11.8 Å². The van der Waals surface area contributed by atoms with Crippen LogP contribution in [0.25, 0.3) is 0 Å². The molecule has 0 spiro atoms. The van der Waals surface area contributed by atoms with Crippen molar-refractivity contribution in [1.82, 2.24) is 15.5 Å². The number of hydrogen-bond donors (Lipinski definition) is 1. The number of ether oxygens (including phenoxy) is 2. The predicted octanol–water partition coefficient (Wildman–Crippen LogP) is 2.59. The molecule has 0 saturated carbocycles. The van der Waals surface area contributed by atoms with Crippen LogP contribution < -0.4 is 10.1 Å². The monoisotopic (exact) mass is 369 g/mol. The summed E-state index contributed by atoms with van der Waals surface area (Å²) in [6, 6.07) is 5.65. The summed E-state index contributed by atoms with van der Waals surface area (Å²) < 4.78 is 28.9. The zero-order valence-corrected chi connectivity index (χ0v) is 15.0. The lowest BCUT2D eigenvalue weighted by molar-refractivity contribution is -0.120. The third-order valence-corrected chi connectivity index (χ3v) is 4.08. The highest BCUT2D eigenvalue weighted by Gasteiger charge is 2.20. The third kappa shape index (κ3) is 6.02. The Morgan fingerprint density at radius 1 is 1.32 bits per heavy atom. The van der Waals surface area contributed by atoms with E-state index in [0.29, 0.717) is 18.9 Å². The molecule has 9 heteroatoms. The van der Waals surface area contributed by atoms with Crippen LogP contribution >= 0.6 is 11.8 Å². The molecular weight excluding hydrogens is 349 g/mol. The van der Waals surface area contributed by atoms with E-state index >= 15 is 0 Å². The van der Waals surface area contributed by atoms with E-state index in [4.69, 9.17) is 13.9 Å². The zero-order chi connectivity index (χ0) is 18.2. The summed E-state index contributed by atoms with van der Waals surface area (Å²) in [5, 5.41) is 10.5. The molecule has 2 aromatic rings. The molecule has 1 heterocycles. The summed E-state index contributed by atoms with van der Waals surface area (Å²) in [6.07, 6.45) is -0.502. The Morgan fingerprint density at radius 3 is 2.72 bits per heavy atom. The van der Waals surface area contributed by atoms with E-state index in [-0.39, 0.29) is 22.8 Å². The van der Waals surface area contributed by atoms with Crippen molar-refractivity contribution in [3.8, 4) is 5.75 Å². The summed E-state index contributed by atoms with van der Waals surface area (Å²) >= 11 is 1.16. The van der Waals surface area contributed by atoms with Gasteiger partial charge in [-0.2, -0.15) is 0 Å². The fourth-order valence-corrected chi connectivity index (χ4v) is 2.54. The highest BCUT2D eigenvalue weighted by Crippen LogP contribution is 2.26. The Hall–Kier alpha value is -2.13. The topological polar surface area (TPSA) is 86.5 Å². The van der Waals surface area contributed by atoms with Crippen molar-refractivity contribution < 1.29 is 23.1 Å². The first-order valence-electron chi connectivity index (χ1n) is 7.68. The molecule has 2 atom stereocenters. The molecule has 25 heavy (non-hydrogen) atoms. The molecule has 0 saturated heterocycles. The number of carbonyl (C=O) groups is 1. The smallest absolute Gasteiger partial charge is 0.277 e. The van der Waals surface area contributed by atoms with E-state index in [1.807, 2.05) is 0 Å². The van der Waals surface area contributed by atoms with Crippen molar-refractivity contribution >= 4 is 17.7 Å². The highest BCUT2D eigenvalue weighted by molar-refractivity contribution is 8.00. The van der Waals surface area contributed by atoms with Gasteiger partial charge in [0.25, 0.3) is 11.1 Å². The lowest BCUT2D eigenvalue weighted by Crippen LogP contribution is -2.33. The molecule has 0 aliphatic rings. The van der Waals surface area contributed by atoms with Gasteiger partial charge in [0.05, 0.1) is 11.9 Å². The first kappa shape index (κ1) is 19.2. The first-order valence-corrected chi connectivity index (χ1v) is 8.56. The van der Waals surface area contributed by atoms with Crippen LogP contribution in [0.15, 0.2) is 33.9 Å². The van der Waals surface area contributed by atoms with Gasteiger partial charge in [-0.15, -0.1) is 10.2 Å². The molecule has 0 radical (unpaired) electrons. The minimum Gasteiger partial charge on any atom is -0.481 e. The second-order valence-electron chi connectivity index (χ2n) is 5.16. The summed E-state index contributed by atoms with van der Waals surface area (Å²) in [5.41, 5.74) is 0. The average molecular weight is 369 g/mol. The minimum atomic E-state index is -0.502. The SMILES string of the molecule is COCCNC(=O)[C@@H](C)Sc1nnc([C@H](C)Oc2ccc(F)cc2)o1. The lowest BCUT2D eigenvalue weighted by atomic mass is 10.3. The van der Waals surface area contributed by atoms with Crippen LogP contribution in [0.3, 0.4) is 0 Å². The van der Waals surface area contributed by atoms with E-state index in [1.165, 1.54) is 24.3 Å². The number of benzene rings is 1. The van der Waals surface area contributed by atoms with Gasteiger partial charge in [-0.1, -0.05) is 11.8 Å². The van der Waals surface area contributed by atoms with Gasteiger partial charge in [0.15, 0.2) is 6.10 Å². The number of hydrogen-bond acceptors (Lipinski definition) is 7. The maximum atomic E-state index is 12.9. The van der Waals surface area contributed by atoms with Gasteiger partial charge in [-0.25, -0.2) is 4.39 Å². The number of amides is 1. The molecule has 1 aromatic heterocycles. The number of methoxy groups -OCH3 is 1. The van der Waals surface area contributed by atoms with Crippen molar-refractivity contribution in [3.05, 3.63) is 36.0 Å². The van der Waals surface area contributed by atoms with Gasteiger partial charge in [-0.3, -0.25) is 4.79 Å². The summed E-state index contributed by atoms with van der Waals surface area (Å²) in [4.78, 5) is 11.9. The van der Waals surface area contributed by atoms with Gasteiger partial charge in [0.1, 0.15) is 11.6 Å². The second-order valence-corrected chi connectivity index (χ2v) is 6.46. The molecule has 0 bridgehead atoms. The average Bonchev–Trinajstić information content (AvgIpc) is 3.05. The largest absolute Gasteiger partial charge is 0.481 e. The van der Waals surface area contributed by atoms with Gasteiger partial charge < -0.3 is 19.2 Å². The Bertz CT molecular complexity index is 680. The molecule has 0 aliphatic carbocycles. The first-order chi connectivity index (χ1) is 12.0. The number of aromatic nitrogens is 2.